The van der Waals surface area contributed by atoms with Gasteiger partial charge >= 0.3 is 0 Å². The Balaban J connectivity index is 0.000000122. The number of hydrogen-bond donors (Lipinski definition) is 0. The number of benzene rings is 3. The van der Waals surface area contributed by atoms with Crippen LogP contribution in [0.15, 0.2) is 66.7 Å². The van der Waals surface area contributed by atoms with E-state index < -0.39 is 0 Å². The molecule has 0 heteroatoms. The second-order valence-electron chi connectivity index (χ2n) is 6.09. The molecule has 0 N–H and O–H groups in total. The van der Waals surface area contributed by atoms with Crippen molar-refractivity contribution in [3.8, 4) is 0 Å². The molecule has 0 radical (unpaired) electrons. The second-order valence-corrected chi connectivity index (χ2v) is 6.09. The van der Waals surface area contributed by atoms with Gasteiger partial charge in [-0.15, -0.1) is 0 Å². The molecule has 0 atom stereocenters. The van der Waals surface area contributed by atoms with E-state index in [0.717, 1.165) is 6.42 Å². The first kappa shape index (κ1) is 13.3. The first-order chi connectivity index (χ1) is 10.9. The third-order valence-electron chi connectivity index (χ3n) is 4.67. The Morgan fingerprint density at radius 2 is 1.32 bits per heavy atom. The molecule has 0 nitrogen and oxygen atoms in total. The van der Waals surface area contributed by atoms with E-state index in [-0.39, 0.29) is 0 Å². The molecule has 5 rings (SSSR count). The van der Waals surface area contributed by atoms with Gasteiger partial charge in [0.25, 0.3) is 0 Å². The van der Waals surface area contributed by atoms with Crippen LogP contribution in [0.1, 0.15) is 28.7 Å². The van der Waals surface area contributed by atoms with E-state index >= 15 is 0 Å². The zero-order valence-corrected chi connectivity index (χ0v) is 12.8. The largest absolute Gasteiger partial charge is 0.0795 e. The van der Waals surface area contributed by atoms with Gasteiger partial charge in [-0.3, -0.25) is 0 Å². The quantitative estimate of drug-likeness (QED) is 0.505. The Kier molecular flexibility index (Phi) is 3.52. The van der Waals surface area contributed by atoms with Crippen LogP contribution in [0.2, 0.25) is 0 Å². The van der Waals surface area contributed by atoms with Crippen LogP contribution in [0, 0.1) is 0 Å². The topological polar surface area (TPSA) is 0 Å². The highest BCUT2D eigenvalue weighted by Crippen LogP contribution is 2.27. The zero-order valence-electron chi connectivity index (χ0n) is 12.8. The van der Waals surface area contributed by atoms with E-state index in [1.165, 1.54) is 41.2 Å². The Morgan fingerprint density at radius 3 is 2.09 bits per heavy atom. The summed E-state index contributed by atoms with van der Waals surface area (Å²) in [6.45, 7) is 0. The average molecular weight is 284 g/mol. The second kappa shape index (κ2) is 5.81. The van der Waals surface area contributed by atoms with Gasteiger partial charge in [0.1, 0.15) is 0 Å². The lowest BCUT2D eigenvalue weighted by atomic mass is 9.93. The van der Waals surface area contributed by atoms with E-state index in [0.29, 0.717) is 0 Å². The number of fused-ring (bicyclic) bond motifs is 1. The SMILES string of the molecule is C1=Cc2cccc3cccc(c23)C1.c1ccc2c(c1)CCC2. The van der Waals surface area contributed by atoms with Crippen molar-refractivity contribution in [3.05, 3.63) is 89.0 Å². The van der Waals surface area contributed by atoms with Crippen LogP contribution < -0.4 is 0 Å². The van der Waals surface area contributed by atoms with Crippen molar-refractivity contribution in [2.45, 2.75) is 25.7 Å². The van der Waals surface area contributed by atoms with Gasteiger partial charge in [0, 0.05) is 0 Å². The lowest BCUT2D eigenvalue weighted by Gasteiger charge is -2.11. The van der Waals surface area contributed by atoms with E-state index in [2.05, 4.69) is 72.8 Å². The predicted octanol–water partition coefficient (Wildman–Crippen LogP) is 5.58. The summed E-state index contributed by atoms with van der Waals surface area (Å²) in [6, 6.07) is 21.8. The summed E-state index contributed by atoms with van der Waals surface area (Å²) >= 11 is 0. The highest BCUT2D eigenvalue weighted by Gasteiger charge is 2.07. The maximum absolute atomic E-state index is 2.24. The molecular weight excluding hydrogens is 264 g/mol. The normalized spacial score (nSPS) is 14.4. The molecule has 0 bridgehead atoms. The van der Waals surface area contributed by atoms with Crippen LogP contribution in [-0.4, -0.2) is 0 Å². The fourth-order valence-corrected chi connectivity index (χ4v) is 3.59. The zero-order chi connectivity index (χ0) is 14.8. The van der Waals surface area contributed by atoms with Gasteiger partial charge in [0.2, 0.25) is 0 Å². The van der Waals surface area contributed by atoms with Crippen molar-refractivity contribution in [3.63, 3.8) is 0 Å². The minimum atomic E-state index is 1.08. The fraction of sp³-hybridized carbons (Fsp3) is 0.182. The van der Waals surface area contributed by atoms with Crippen molar-refractivity contribution in [2.24, 2.45) is 0 Å². The van der Waals surface area contributed by atoms with E-state index in [1.807, 2.05) is 0 Å². The van der Waals surface area contributed by atoms with Gasteiger partial charge in [-0.05, 0) is 58.7 Å². The third kappa shape index (κ3) is 2.46. The van der Waals surface area contributed by atoms with Gasteiger partial charge in [-0.25, -0.2) is 0 Å². The van der Waals surface area contributed by atoms with E-state index in [1.54, 1.807) is 11.1 Å². The summed E-state index contributed by atoms with van der Waals surface area (Å²) in [6.07, 6.45) is 9.49. The van der Waals surface area contributed by atoms with Gasteiger partial charge in [-0.1, -0.05) is 72.8 Å². The smallest absolute Gasteiger partial charge is 0.00763 e. The summed E-state index contributed by atoms with van der Waals surface area (Å²) < 4.78 is 0. The van der Waals surface area contributed by atoms with Crippen LogP contribution in [0.25, 0.3) is 16.8 Å². The molecule has 0 heterocycles. The van der Waals surface area contributed by atoms with Gasteiger partial charge in [0.05, 0.1) is 0 Å². The summed E-state index contributed by atoms with van der Waals surface area (Å²) in [7, 11) is 0. The van der Waals surface area contributed by atoms with E-state index in [9.17, 15) is 0 Å². The molecular formula is C22H20. The standard InChI is InChI=1S/C13H10.C9H10/c1-4-10-6-2-8-12-9-3-7-11(5-1)13(10)12;1-2-5-9-7-3-6-8(9)4-1/h1-8H,9H2;1-2,4-5H,3,6-7H2. The molecule has 2 aliphatic carbocycles. The first-order valence-corrected chi connectivity index (χ1v) is 8.16. The monoisotopic (exact) mass is 284 g/mol. The molecule has 108 valence electrons. The van der Waals surface area contributed by atoms with Crippen molar-refractivity contribution >= 4 is 16.8 Å². The molecule has 0 aliphatic heterocycles. The molecule has 0 spiro atoms. The highest BCUT2D eigenvalue weighted by atomic mass is 14.1. The van der Waals surface area contributed by atoms with Crippen LogP contribution in [0.4, 0.5) is 0 Å². The van der Waals surface area contributed by atoms with Crippen molar-refractivity contribution in [1.29, 1.82) is 0 Å². The molecule has 0 unspecified atom stereocenters. The first-order valence-electron chi connectivity index (χ1n) is 8.16. The summed E-state index contributed by atoms with van der Waals surface area (Å²) in [4.78, 5) is 0. The number of aryl methyl sites for hydroxylation is 2. The fourth-order valence-electron chi connectivity index (χ4n) is 3.59. The molecule has 22 heavy (non-hydrogen) atoms. The van der Waals surface area contributed by atoms with Crippen LogP contribution >= 0.6 is 0 Å². The number of rotatable bonds is 0. The predicted molar refractivity (Wildman–Crippen MR) is 95.2 cm³/mol. The molecule has 0 saturated carbocycles. The molecule has 0 amide bonds. The van der Waals surface area contributed by atoms with Crippen LogP contribution in [0.5, 0.6) is 0 Å². The lowest BCUT2D eigenvalue weighted by Crippen LogP contribution is -1.91. The molecule has 3 aromatic carbocycles. The summed E-state index contributed by atoms with van der Waals surface area (Å²) in [5.41, 5.74) is 5.95. The van der Waals surface area contributed by atoms with Crippen molar-refractivity contribution in [2.75, 3.05) is 0 Å². The molecule has 2 aliphatic rings. The summed E-state index contributed by atoms with van der Waals surface area (Å²) in [5.74, 6) is 0. The minimum absolute atomic E-state index is 1.08. The maximum atomic E-state index is 2.24. The highest BCUT2D eigenvalue weighted by molar-refractivity contribution is 5.94. The van der Waals surface area contributed by atoms with Crippen molar-refractivity contribution < 1.29 is 0 Å². The molecule has 3 aromatic rings. The molecule has 0 aromatic heterocycles. The number of hydrogen-bond acceptors (Lipinski definition) is 0. The van der Waals surface area contributed by atoms with Gasteiger partial charge < -0.3 is 0 Å². The maximum Gasteiger partial charge on any atom is -0.00763 e. The van der Waals surface area contributed by atoms with E-state index in [4.69, 9.17) is 0 Å². The third-order valence-corrected chi connectivity index (χ3v) is 4.67. The Morgan fingerprint density at radius 1 is 0.636 bits per heavy atom. The summed E-state index contributed by atoms with van der Waals surface area (Å²) in [5, 5.41) is 2.80. The van der Waals surface area contributed by atoms with Crippen LogP contribution in [0.3, 0.4) is 0 Å². The van der Waals surface area contributed by atoms with Gasteiger partial charge in [0.15, 0.2) is 0 Å². The molecule has 0 saturated heterocycles. The lowest BCUT2D eigenvalue weighted by molar-refractivity contribution is 0.912. The average Bonchev–Trinajstić information content (AvgIpc) is 3.05. The van der Waals surface area contributed by atoms with Crippen LogP contribution in [-0.2, 0) is 19.3 Å². The number of allylic oxidation sites excluding steroid dienone is 1. The minimum Gasteiger partial charge on any atom is -0.0795 e. The van der Waals surface area contributed by atoms with Gasteiger partial charge in [-0.2, -0.15) is 0 Å². The Bertz CT molecular complexity index is 811. The van der Waals surface area contributed by atoms with Crippen molar-refractivity contribution in [1.82, 2.24) is 0 Å². The molecule has 0 fully saturated rings. The Labute approximate surface area is 132 Å². The Hall–Kier alpha value is -2.34.